The van der Waals surface area contributed by atoms with Gasteiger partial charge < -0.3 is 15.6 Å². The monoisotopic (exact) mass is 489 g/mol. The fraction of sp³-hybridized carbons (Fsp3) is 0. The van der Waals surface area contributed by atoms with Crippen molar-refractivity contribution < 1.29 is 4.79 Å². The molecule has 31 heavy (non-hydrogen) atoms. The number of fused-ring (bicyclic) bond motifs is 1. The molecule has 0 radical (unpaired) electrons. The minimum atomic E-state index is -0.126. The lowest BCUT2D eigenvalue weighted by atomic mass is 10.0. The Morgan fingerprint density at radius 1 is 1.00 bits per heavy atom. The molecule has 2 aromatic carbocycles. The van der Waals surface area contributed by atoms with E-state index in [0.717, 1.165) is 31.5 Å². The van der Waals surface area contributed by atoms with Crippen molar-refractivity contribution in [1.82, 2.24) is 14.5 Å². The second-order valence-electron chi connectivity index (χ2n) is 6.90. The Bertz CT molecular complexity index is 1420. The maximum absolute atomic E-state index is 12.5. The van der Waals surface area contributed by atoms with Crippen LogP contribution in [0.2, 0.25) is 0 Å². The molecular weight excluding hydrogens is 474 g/mol. The van der Waals surface area contributed by atoms with Crippen molar-refractivity contribution >= 4 is 55.6 Å². The van der Waals surface area contributed by atoms with Crippen LogP contribution >= 0.6 is 27.3 Å². The number of nitrogens with two attached hydrogens (primary N) is 1. The number of amides is 1. The Kier molecular flexibility index (Phi) is 5.01. The third kappa shape index (κ3) is 3.95. The molecule has 5 aromatic rings. The molecule has 0 spiro atoms. The molecule has 6 nitrogen and oxygen atoms in total. The molecule has 3 heterocycles. The SMILES string of the molecule is Nc1cc(-n2ccc3ccc(-c4cccc(NC(=O)c5ccc(Br)s5)c4)cc32)ncn1. The number of hydrogen-bond donors (Lipinski definition) is 2. The number of nitrogens with one attached hydrogen (secondary N) is 1. The quantitative estimate of drug-likeness (QED) is 0.336. The topological polar surface area (TPSA) is 85.8 Å². The minimum Gasteiger partial charge on any atom is -0.384 e. The normalized spacial score (nSPS) is 11.0. The Hall–Kier alpha value is -3.49. The standard InChI is InChI=1S/C23H16BrN5OS/c24-20-7-6-19(31-20)23(30)28-17-3-1-2-15(10-17)16-5-4-14-8-9-29(18(14)11-16)22-12-21(25)26-13-27-22/h1-13H,(H,28,30)(H2,25,26,27). The molecule has 3 N–H and O–H groups in total. The van der Waals surface area contributed by atoms with Crippen molar-refractivity contribution in [1.29, 1.82) is 0 Å². The van der Waals surface area contributed by atoms with Crippen molar-refractivity contribution in [2.45, 2.75) is 0 Å². The van der Waals surface area contributed by atoms with Crippen LogP contribution in [0.25, 0.3) is 27.8 Å². The number of halogens is 1. The molecule has 0 bridgehead atoms. The van der Waals surface area contributed by atoms with Crippen molar-refractivity contribution in [3.63, 3.8) is 0 Å². The van der Waals surface area contributed by atoms with Gasteiger partial charge in [0, 0.05) is 23.3 Å². The Labute approximate surface area is 190 Å². The molecule has 0 saturated heterocycles. The number of aromatic nitrogens is 3. The summed E-state index contributed by atoms with van der Waals surface area (Å²) in [7, 11) is 0. The predicted octanol–water partition coefficient (Wildman–Crippen LogP) is 5.75. The summed E-state index contributed by atoms with van der Waals surface area (Å²) in [6.07, 6.45) is 3.42. The molecule has 3 aromatic heterocycles. The van der Waals surface area contributed by atoms with Gasteiger partial charge in [-0.05, 0) is 63.5 Å². The van der Waals surface area contributed by atoms with Crippen LogP contribution in [-0.4, -0.2) is 20.4 Å². The number of nitrogens with zero attached hydrogens (tertiary/aromatic N) is 3. The fourth-order valence-corrected chi connectivity index (χ4v) is 4.69. The number of carbonyl (C=O) groups is 1. The van der Waals surface area contributed by atoms with E-state index >= 15 is 0 Å². The predicted molar refractivity (Wildman–Crippen MR) is 129 cm³/mol. The van der Waals surface area contributed by atoms with E-state index in [1.54, 1.807) is 12.1 Å². The van der Waals surface area contributed by atoms with Crippen LogP contribution in [0.5, 0.6) is 0 Å². The number of carbonyl (C=O) groups excluding carboxylic acids is 1. The van der Waals surface area contributed by atoms with E-state index in [4.69, 9.17) is 5.73 Å². The van der Waals surface area contributed by atoms with Crippen LogP contribution in [0.15, 0.2) is 83.0 Å². The molecule has 8 heteroatoms. The van der Waals surface area contributed by atoms with Gasteiger partial charge in [-0.25, -0.2) is 9.97 Å². The van der Waals surface area contributed by atoms with Gasteiger partial charge in [-0.15, -0.1) is 11.3 Å². The number of benzene rings is 2. The fourth-order valence-electron chi connectivity index (χ4n) is 3.41. The minimum absolute atomic E-state index is 0.126. The number of nitrogen functional groups attached to an aromatic ring is 1. The molecule has 0 aliphatic heterocycles. The molecular formula is C23H16BrN5OS. The summed E-state index contributed by atoms with van der Waals surface area (Å²) >= 11 is 4.79. The van der Waals surface area contributed by atoms with Crippen LogP contribution in [-0.2, 0) is 0 Å². The summed E-state index contributed by atoms with van der Waals surface area (Å²) < 4.78 is 2.91. The van der Waals surface area contributed by atoms with Gasteiger partial charge in [0.15, 0.2) is 0 Å². The van der Waals surface area contributed by atoms with Crippen molar-refractivity contribution in [3.05, 3.63) is 87.9 Å². The highest BCUT2D eigenvalue weighted by molar-refractivity contribution is 9.11. The van der Waals surface area contributed by atoms with Crippen LogP contribution < -0.4 is 11.1 Å². The van der Waals surface area contributed by atoms with Gasteiger partial charge in [-0.2, -0.15) is 0 Å². The second-order valence-corrected chi connectivity index (χ2v) is 9.36. The smallest absolute Gasteiger partial charge is 0.265 e. The van der Waals surface area contributed by atoms with E-state index < -0.39 is 0 Å². The van der Waals surface area contributed by atoms with E-state index in [-0.39, 0.29) is 5.91 Å². The molecule has 0 aliphatic carbocycles. The summed E-state index contributed by atoms with van der Waals surface area (Å²) in [5, 5.41) is 4.06. The summed E-state index contributed by atoms with van der Waals surface area (Å²) in [6, 6.07) is 21.5. The number of rotatable bonds is 4. The molecule has 1 amide bonds. The zero-order valence-electron chi connectivity index (χ0n) is 16.1. The van der Waals surface area contributed by atoms with Crippen LogP contribution in [0.1, 0.15) is 9.67 Å². The van der Waals surface area contributed by atoms with Gasteiger partial charge >= 0.3 is 0 Å². The summed E-state index contributed by atoms with van der Waals surface area (Å²) in [5.41, 5.74) is 9.61. The molecule has 0 atom stereocenters. The Balaban J connectivity index is 1.49. The number of thiophene rings is 1. The van der Waals surface area contributed by atoms with E-state index in [2.05, 4.69) is 49.4 Å². The lowest BCUT2D eigenvalue weighted by Crippen LogP contribution is -2.09. The first-order valence-corrected chi connectivity index (χ1v) is 11.0. The van der Waals surface area contributed by atoms with Crippen molar-refractivity contribution in [2.75, 3.05) is 11.1 Å². The van der Waals surface area contributed by atoms with Crippen LogP contribution in [0.4, 0.5) is 11.5 Å². The summed E-state index contributed by atoms with van der Waals surface area (Å²) in [6.45, 7) is 0. The van der Waals surface area contributed by atoms with E-state index in [1.165, 1.54) is 17.7 Å². The number of hydrogen-bond acceptors (Lipinski definition) is 5. The lowest BCUT2D eigenvalue weighted by molar-refractivity contribution is 0.103. The highest BCUT2D eigenvalue weighted by Crippen LogP contribution is 2.29. The molecule has 152 valence electrons. The Morgan fingerprint density at radius 3 is 2.68 bits per heavy atom. The molecule has 5 rings (SSSR count). The highest BCUT2D eigenvalue weighted by atomic mass is 79.9. The van der Waals surface area contributed by atoms with E-state index in [0.29, 0.717) is 16.5 Å². The summed E-state index contributed by atoms with van der Waals surface area (Å²) in [4.78, 5) is 21.5. The third-order valence-electron chi connectivity index (χ3n) is 4.86. The van der Waals surface area contributed by atoms with Gasteiger partial charge in [0.1, 0.15) is 18.0 Å². The van der Waals surface area contributed by atoms with Gasteiger partial charge in [0.2, 0.25) is 0 Å². The van der Waals surface area contributed by atoms with Crippen LogP contribution in [0, 0.1) is 0 Å². The van der Waals surface area contributed by atoms with Gasteiger partial charge in [-0.1, -0.05) is 24.3 Å². The van der Waals surface area contributed by atoms with Crippen molar-refractivity contribution in [3.8, 4) is 16.9 Å². The zero-order valence-corrected chi connectivity index (χ0v) is 18.5. The molecule has 0 fully saturated rings. The van der Waals surface area contributed by atoms with Gasteiger partial charge in [-0.3, -0.25) is 4.79 Å². The van der Waals surface area contributed by atoms with Gasteiger partial charge in [0.25, 0.3) is 5.91 Å². The second kappa shape index (κ2) is 7.98. The Morgan fingerprint density at radius 2 is 1.87 bits per heavy atom. The summed E-state index contributed by atoms with van der Waals surface area (Å²) in [5.74, 6) is 1.01. The zero-order chi connectivity index (χ0) is 21.4. The van der Waals surface area contributed by atoms with Crippen molar-refractivity contribution in [2.24, 2.45) is 0 Å². The molecule has 0 aliphatic rings. The highest BCUT2D eigenvalue weighted by Gasteiger charge is 2.11. The van der Waals surface area contributed by atoms with Crippen LogP contribution in [0.3, 0.4) is 0 Å². The molecule has 0 unspecified atom stereocenters. The third-order valence-corrected chi connectivity index (χ3v) is 6.49. The molecule has 0 saturated carbocycles. The van der Waals surface area contributed by atoms with Gasteiger partial charge in [0.05, 0.1) is 14.2 Å². The first-order valence-electron chi connectivity index (χ1n) is 9.43. The maximum Gasteiger partial charge on any atom is 0.265 e. The average Bonchev–Trinajstić information content (AvgIpc) is 3.40. The van der Waals surface area contributed by atoms with E-state index in [1.807, 2.05) is 47.2 Å². The first kappa shape index (κ1) is 19.5. The first-order chi connectivity index (χ1) is 15.1. The average molecular weight is 490 g/mol. The number of anilines is 2. The lowest BCUT2D eigenvalue weighted by Gasteiger charge is -2.09. The maximum atomic E-state index is 12.5. The largest absolute Gasteiger partial charge is 0.384 e. The van der Waals surface area contributed by atoms with E-state index in [9.17, 15) is 4.79 Å².